The number of nitrogens with one attached hydrogen (secondary N) is 2. The smallest absolute Gasteiger partial charge is 0.174 e. The van der Waals surface area contributed by atoms with E-state index in [0.29, 0.717) is 23.4 Å². The van der Waals surface area contributed by atoms with Crippen LogP contribution in [0.2, 0.25) is 0 Å². The molecule has 9 heteroatoms. The zero-order chi connectivity index (χ0) is 23.5. The Kier molecular flexibility index (Phi) is 5.64. The lowest BCUT2D eigenvalue weighted by Gasteiger charge is -2.10. The van der Waals surface area contributed by atoms with Gasteiger partial charge in [0.2, 0.25) is 0 Å². The second-order valence-corrected chi connectivity index (χ2v) is 8.55. The van der Waals surface area contributed by atoms with Crippen molar-refractivity contribution in [3.8, 4) is 22.8 Å². The molecule has 9 nitrogen and oxygen atoms in total. The van der Waals surface area contributed by atoms with Crippen LogP contribution < -0.4 is 10.1 Å². The van der Waals surface area contributed by atoms with Gasteiger partial charge in [0.1, 0.15) is 17.3 Å². The lowest BCUT2D eigenvalue weighted by atomic mass is 10.1. The van der Waals surface area contributed by atoms with Crippen molar-refractivity contribution in [1.82, 2.24) is 35.4 Å². The van der Waals surface area contributed by atoms with Crippen molar-refractivity contribution in [1.29, 1.82) is 0 Å². The maximum Gasteiger partial charge on any atom is 0.174 e. The molecule has 3 aromatic heterocycles. The quantitative estimate of drug-likeness (QED) is 0.312. The number of rotatable bonds is 9. The van der Waals surface area contributed by atoms with Crippen molar-refractivity contribution in [2.45, 2.75) is 31.7 Å². The molecule has 0 bridgehead atoms. The number of H-pyrrole nitrogens is 1. The van der Waals surface area contributed by atoms with Gasteiger partial charge in [0.15, 0.2) is 11.6 Å². The number of aromatic nitrogens is 7. The molecule has 5 aromatic rings. The average molecular weight is 465 g/mol. The van der Waals surface area contributed by atoms with Gasteiger partial charge in [-0.3, -0.25) is 4.68 Å². The number of pyridine rings is 1. The second kappa shape index (κ2) is 9.38. The van der Waals surface area contributed by atoms with Crippen LogP contribution in [0.25, 0.3) is 11.3 Å². The Bertz CT molecular complexity index is 1410. The molecule has 1 fully saturated rings. The summed E-state index contributed by atoms with van der Waals surface area (Å²) in [5.41, 5.74) is 4.00. The summed E-state index contributed by atoms with van der Waals surface area (Å²) in [6.07, 6.45) is 7.60. The minimum atomic E-state index is 0.469. The Morgan fingerprint density at radius 3 is 2.74 bits per heavy atom. The molecule has 1 aliphatic carbocycles. The first-order valence-corrected chi connectivity index (χ1v) is 11.7. The minimum absolute atomic E-state index is 0.469. The molecule has 0 radical (unpaired) electrons. The van der Waals surface area contributed by atoms with Crippen molar-refractivity contribution >= 4 is 11.5 Å². The van der Waals surface area contributed by atoms with Gasteiger partial charge in [0.25, 0.3) is 0 Å². The van der Waals surface area contributed by atoms with Crippen LogP contribution in [0.4, 0.5) is 11.5 Å². The van der Waals surface area contributed by atoms with Gasteiger partial charge in [-0.2, -0.15) is 10.3 Å². The van der Waals surface area contributed by atoms with Crippen molar-refractivity contribution < 1.29 is 4.74 Å². The highest BCUT2D eigenvalue weighted by Gasteiger charge is 2.27. The number of hydrogen-bond donors (Lipinski definition) is 2. The molecule has 1 saturated carbocycles. The Hall–Kier alpha value is -4.53. The van der Waals surface area contributed by atoms with E-state index in [9.17, 15) is 0 Å². The summed E-state index contributed by atoms with van der Waals surface area (Å²) in [5, 5.41) is 22.3. The van der Waals surface area contributed by atoms with Gasteiger partial charge < -0.3 is 10.1 Å². The van der Waals surface area contributed by atoms with Gasteiger partial charge in [0.05, 0.1) is 12.2 Å². The predicted octanol–water partition coefficient (Wildman–Crippen LogP) is 5.11. The molecule has 6 rings (SSSR count). The summed E-state index contributed by atoms with van der Waals surface area (Å²) in [4.78, 5) is 4.47. The molecule has 0 amide bonds. The van der Waals surface area contributed by atoms with Crippen LogP contribution in [0.3, 0.4) is 0 Å². The lowest BCUT2D eigenvalue weighted by Crippen LogP contribution is -1.97. The number of aryl methyl sites for hydroxylation is 2. The van der Waals surface area contributed by atoms with Gasteiger partial charge in [-0.15, -0.1) is 10.2 Å². The monoisotopic (exact) mass is 464 g/mol. The molecule has 3 heterocycles. The maximum atomic E-state index is 6.32. The number of nitrogens with zero attached hydrogens (tertiary/aromatic N) is 6. The van der Waals surface area contributed by atoms with Crippen LogP contribution in [0.5, 0.6) is 11.5 Å². The Morgan fingerprint density at radius 2 is 1.91 bits per heavy atom. The summed E-state index contributed by atoms with van der Waals surface area (Å²) >= 11 is 0. The molecule has 0 aliphatic heterocycles. The normalized spacial score (nSPS) is 13.0. The molecule has 35 heavy (non-hydrogen) atoms. The van der Waals surface area contributed by atoms with E-state index < -0.39 is 0 Å². The SMILES string of the molecule is c1ccc(-c2nn(C3CC3)cc2Oc2ccnc(Nc3cccc(CCc4nn[nH]n4)c3)c2)cc1. The molecule has 0 atom stereocenters. The van der Waals surface area contributed by atoms with Crippen molar-refractivity contribution in [3.05, 3.63) is 90.5 Å². The number of hydrogen-bond acceptors (Lipinski definition) is 7. The third-order valence-corrected chi connectivity index (χ3v) is 5.85. The maximum absolute atomic E-state index is 6.32. The first kappa shape index (κ1) is 21.0. The van der Waals surface area contributed by atoms with Crippen molar-refractivity contribution in [2.75, 3.05) is 5.32 Å². The average Bonchev–Trinajstić information content (AvgIpc) is 3.44. The van der Waals surface area contributed by atoms with E-state index in [1.54, 1.807) is 6.20 Å². The van der Waals surface area contributed by atoms with Gasteiger partial charge in [-0.25, -0.2) is 4.98 Å². The van der Waals surface area contributed by atoms with Crippen LogP contribution in [0, 0.1) is 0 Å². The van der Waals surface area contributed by atoms with Crippen LogP contribution in [-0.4, -0.2) is 35.4 Å². The van der Waals surface area contributed by atoms with Gasteiger partial charge in [-0.05, 0) is 43.0 Å². The largest absolute Gasteiger partial charge is 0.453 e. The third-order valence-electron chi connectivity index (χ3n) is 5.85. The summed E-state index contributed by atoms with van der Waals surface area (Å²) in [6.45, 7) is 0. The van der Waals surface area contributed by atoms with E-state index in [1.807, 2.05) is 53.3 Å². The molecule has 2 aromatic carbocycles. The molecule has 0 spiro atoms. The van der Waals surface area contributed by atoms with Crippen LogP contribution in [0.1, 0.15) is 30.3 Å². The summed E-state index contributed by atoms with van der Waals surface area (Å²) < 4.78 is 8.34. The first-order valence-electron chi connectivity index (χ1n) is 11.7. The number of anilines is 2. The van der Waals surface area contributed by atoms with Crippen LogP contribution in [-0.2, 0) is 12.8 Å². The summed E-state index contributed by atoms with van der Waals surface area (Å²) in [6, 6.07) is 22.6. The standard InChI is InChI=1S/C26H24N8O/c1-2-6-19(7-3-1)26-23(17-34(31-26)21-10-11-21)35-22-13-14-27-25(16-22)28-20-8-4-5-18(15-20)9-12-24-29-32-33-30-24/h1-8,13-17,21H,9-12H2,(H,27,28)(H,29,30,32,33). The molecular formula is C26H24N8O. The van der Waals surface area contributed by atoms with Gasteiger partial charge in [0, 0.05) is 29.9 Å². The first-order chi connectivity index (χ1) is 17.3. The number of benzene rings is 2. The molecule has 1 aliphatic rings. The molecule has 0 unspecified atom stereocenters. The van der Waals surface area contributed by atoms with Crippen LogP contribution in [0.15, 0.2) is 79.1 Å². The number of ether oxygens (including phenoxy) is 1. The molecule has 2 N–H and O–H groups in total. The number of tetrazole rings is 1. The zero-order valence-corrected chi connectivity index (χ0v) is 19.0. The van der Waals surface area contributed by atoms with E-state index in [0.717, 1.165) is 48.4 Å². The minimum Gasteiger partial charge on any atom is -0.453 e. The fraction of sp³-hybridized carbons (Fsp3) is 0.192. The van der Waals surface area contributed by atoms with Crippen molar-refractivity contribution in [3.63, 3.8) is 0 Å². The fourth-order valence-electron chi connectivity index (χ4n) is 3.94. The Labute approximate surface area is 202 Å². The highest BCUT2D eigenvalue weighted by molar-refractivity contribution is 5.66. The number of aromatic amines is 1. The van der Waals surface area contributed by atoms with E-state index in [-0.39, 0.29) is 0 Å². The highest BCUT2D eigenvalue weighted by Crippen LogP contribution is 2.39. The zero-order valence-electron chi connectivity index (χ0n) is 19.0. The fourth-order valence-corrected chi connectivity index (χ4v) is 3.94. The second-order valence-electron chi connectivity index (χ2n) is 8.55. The van der Waals surface area contributed by atoms with Gasteiger partial charge in [-0.1, -0.05) is 47.7 Å². The topological polar surface area (TPSA) is 106 Å². The highest BCUT2D eigenvalue weighted by atomic mass is 16.5. The van der Waals surface area contributed by atoms with E-state index in [2.05, 4.69) is 55.2 Å². The Balaban J connectivity index is 1.19. The molecule has 0 saturated heterocycles. The predicted molar refractivity (Wildman–Crippen MR) is 132 cm³/mol. The van der Waals surface area contributed by atoms with E-state index >= 15 is 0 Å². The summed E-state index contributed by atoms with van der Waals surface area (Å²) in [7, 11) is 0. The van der Waals surface area contributed by atoms with Crippen LogP contribution >= 0.6 is 0 Å². The summed E-state index contributed by atoms with van der Waals surface area (Å²) in [5.74, 6) is 2.84. The Morgan fingerprint density at radius 1 is 1.00 bits per heavy atom. The van der Waals surface area contributed by atoms with E-state index in [4.69, 9.17) is 9.84 Å². The molecule has 174 valence electrons. The third kappa shape index (κ3) is 5.03. The van der Waals surface area contributed by atoms with Crippen molar-refractivity contribution in [2.24, 2.45) is 0 Å². The molecular weight excluding hydrogens is 440 g/mol. The van der Waals surface area contributed by atoms with E-state index in [1.165, 1.54) is 5.56 Å². The van der Waals surface area contributed by atoms with Gasteiger partial charge >= 0.3 is 0 Å². The lowest BCUT2D eigenvalue weighted by molar-refractivity contribution is 0.482.